The van der Waals surface area contributed by atoms with Gasteiger partial charge in [0.2, 0.25) is 11.8 Å². The molecule has 1 N–H and O–H groups in total. The number of hydrogen-bond acceptors (Lipinski definition) is 2. The smallest absolute Gasteiger partial charge is 0.246 e. The Morgan fingerprint density at radius 1 is 0.939 bits per heavy atom. The summed E-state index contributed by atoms with van der Waals surface area (Å²) >= 11 is 0. The molecule has 0 aliphatic carbocycles. The van der Waals surface area contributed by atoms with E-state index in [0.717, 1.165) is 38.9 Å². The molecule has 1 fully saturated rings. The molecule has 3 heterocycles. The number of fused-ring (bicyclic) bond motifs is 4. The van der Waals surface area contributed by atoms with E-state index in [-0.39, 0.29) is 24.4 Å². The first-order valence-electron chi connectivity index (χ1n) is 11.4. The molecule has 0 saturated carbocycles. The Kier molecular flexibility index (Phi) is 4.57. The van der Waals surface area contributed by atoms with Gasteiger partial charge in [0, 0.05) is 29.6 Å². The van der Waals surface area contributed by atoms with Crippen molar-refractivity contribution in [2.24, 2.45) is 0 Å². The fourth-order valence-electron chi connectivity index (χ4n) is 5.45. The van der Waals surface area contributed by atoms with Crippen LogP contribution in [0, 0.1) is 6.92 Å². The standard InChI is InChI=1S/C28H25N3O2/c1-18-8-7-11-20(14-18)27-26-22(21-12-5-6-13-23(21)29-26)15-24-28(33)30(17-25(32)31(24)27)16-19-9-3-2-4-10-19/h2-14,24,27,29H,15-17H2,1H3/t24-,27+/m0/s1. The van der Waals surface area contributed by atoms with Crippen LogP contribution in [0.3, 0.4) is 0 Å². The van der Waals surface area contributed by atoms with Crippen LogP contribution in [-0.4, -0.2) is 39.2 Å². The minimum Gasteiger partial charge on any atom is -0.356 e. The van der Waals surface area contributed by atoms with Gasteiger partial charge in [-0.2, -0.15) is 0 Å². The molecular formula is C28H25N3O2. The number of rotatable bonds is 3. The Bertz CT molecular complexity index is 1370. The SMILES string of the molecule is Cc1cccc([C@@H]2c3[nH]c4ccccc4c3C[C@H]3C(=O)N(Cc4ccccc4)CC(=O)N23)c1. The van der Waals surface area contributed by atoms with Crippen LogP contribution in [0.2, 0.25) is 0 Å². The molecule has 1 aromatic heterocycles. The maximum absolute atomic E-state index is 13.7. The molecule has 4 aromatic rings. The summed E-state index contributed by atoms with van der Waals surface area (Å²) in [6, 6.07) is 25.5. The van der Waals surface area contributed by atoms with Gasteiger partial charge in [0.25, 0.3) is 0 Å². The highest BCUT2D eigenvalue weighted by Gasteiger charge is 2.48. The summed E-state index contributed by atoms with van der Waals surface area (Å²) < 4.78 is 0. The van der Waals surface area contributed by atoms with Crippen LogP contribution in [0.5, 0.6) is 0 Å². The minimum absolute atomic E-state index is 0.00802. The first kappa shape index (κ1) is 19.8. The van der Waals surface area contributed by atoms with E-state index < -0.39 is 6.04 Å². The van der Waals surface area contributed by atoms with Gasteiger partial charge < -0.3 is 14.8 Å². The van der Waals surface area contributed by atoms with Crippen molar-refractivity contribution < 1.29 is 9.59 Å². The number of H-pyrrole nitrogens is 1. The molecule has 5 heteroatoms. The molecule has 164 valence electrons. The molecular weight excluding hydrogens is 410 g/mol. The Morgan fingerprint density at radius 3 is 2.55 bits per heavy atom. The predicted molar refractivity (Wildman–Crippen MR) is 128 cm³/mol. The molecule has 2 atom stereocenters. The fourth-order valence-corrected chi connectivity index (χ4v) is 5.45. The molecule has 0 spiro atoms. The molecule has 3 aromatic carbocycles. The topological polar surface area (TPSA) is 56.4 Å². The maximum atomic E-state index is 13.7. The third-order valence-corrected chi connectivity index (χ3v) is 6.92. The number of benzene rings is 3. The molecule has 6 rings (SSSR count). The van der Waals surface area contributed by atoms with E-state index in [2.05, 4.69) is 42.2 Å². The highest BCUT2D eigenvalue weighted by atomic mass is 16.2. The Hall–Kier alpha value is -3.86. The van der Waals surface area contributed by atoms with E-state index in [1.54, 1.807) is 4.90 Å². The zero-order valence-electron chi connectivity index (χ0n) is 18.5. The summed E-state index contributed by atoms with van der Waals surface area (Å²) in [6.07, 6.45) is 0.525. The van der Waals surface area contributed by atoms with Crippen LogP contribution >= 0.6 is 0 Å². The Morgan fingerprint density at radius 2 is 1.73 bits per heavy atom. The van der Waals surface area contributed by atoms with Crippen molar-refractivity contribution >= 4 is 22.7 Å². The van der Waals surface area contributed by atoms with E-state index in [4.69, 9.17) is 0 Å². The van der Waals surface area contributed by atoms with Gasteiger partial charge in [0.1, 0.15) is 12.6 Å². The lowest BCUT2D eigenvalue weighted by molar-refractivity contribution is -0.159. The number of carbonyl (C=O) groups is 2. The van der Waals surface area contributed by atoms with E-state index in [9.17, 15) is 9.59 Å². The summed E-state index contributed by atoms with van der Waals surface area (Å²) in [7, 11) is 0. The minimum atomic E-state index is -0.507. The lowest BCUT2D eigenvalue weighted by atomic mass is 9.86. The number of aryl methyl sites for hydroxylation is 1. The van der Waals surface area contributed by atoms with E-state index in [0.29, 0.717) is 13.0 Å². The number of carbonyl (C=O) groups excluding carboxylic acids is 2. The molecule has 5 nitrogen and oxygen atoms in total. The van der Waals surface area contributed by atoms with Crippen molar-refractivity contribution in [1.82, 2.24) is 14.8 Å². The van der Waals surface area contributed by atoms with Crippen molar-refractivity contribution in [2.75, 3.05) is 6.54 Å². The van der Waals surface area contributed by atoms with Gasteiger partial charge in [-0.15, -0.1) is 0 Å². The van der Waals surface area contributed by atoms with Crippen LogP contribution in [0.15, 0.2) is 78.9 Å². The molecule has 1 saturated heterocycles. The van der Waals surface area contributed by atoms with Gasteiger partial charge >= 0.3 is 0 Å². The first-order chi connectivity index (χ1) is 16.1. The lowest BCUT2D eigenvalue weighted by Crippen LogP contribution is -2.62. The molecule has 2 aliphatic heterocycles. The number of aromatic nitrogens is 1. The summed E-state index contributed by atoms with van der Waals surface area (Å²) in [6.45, 7) is 2.61. The van der Waals surface area contributed by atoms with Gasteiger partial charge in [-0.1, -0.05) is 78.4 Å². The molecule has 0 unspecified atom stereocenters. The molecule has 0 bridgehead atoms. The number of nitrogens with one attached hydrogen (secondary N) is 1. The van der Waals surface area contributed by atoms with Gasteiger partial charge in [0.15, 0.2) is 0 Å². The zero-order valence-corrected chi connectivity index (χ0v) is 18.5. The van der Waals surface area contributed by atoms with Gasteiger partial charge in [0.05, 0.1) is 6.04 Å². The lowest BCUT2D eigenvalue weighted by Gasteiger charge is -2.47. The number of piperazine rings is 1. The van der Waals surface area contributed by atoms with Crippen molar-refractivity contribution in [2.45, 2.75) is 32.0 Å². The van der Waals surface area contributed by atoms with Crippen LogP contribution in [0.4, 0.5) is 0 Å². The van der Waals surface area contributed by atoms with Crippen molar-refractivity contribution in [3.63, 3.8) is 0 Å². The van der Waals surface area contributed by atoms with Gasteiger partial charge in [-0.05, 0) is 29.7 Å². The Balaban J connectivity index is 1.47. The highest BCUT2D eigenvalue weighted by molar-refractivity contribution is 5.97. The molecule has 0 radical (unpaired) electrons. The summed E-state index contributed by atoms with van der Waals surface area (Å²) in [5.74, 6) is 0.0124. The molecule has 2 aliphatic rings. The monoisotopic (exact) mass is 435 g/mol. The normalized spacial score (nSPS) is 20.2. The van der Waals surface area contributed by atoms with Crippen molar-refractivity contribution in [1.29, 1.82) is 0 Å². The summed E-state index contributed by atoms with van der Waals surface area (Å²) in [4.78, 5) is 34.5. The van der Waals surface area contributed by atoms with Crippen molar-refractivity contribution in [3.8, 4) is 0 Å². The van der Waals surface area contributed by atoms with Crippen LogP contribution in [-0.2, 0) is 22.6 Å². The van der Waals surface area contributed by atoms with Gasteiger partial charge in [-0.25, -0.2) is 0 Å². The fraction of sp³-hybridized carbons (Fsp3) is 0.214. The second kappa shape index (κ2) is 7.62. The third-order valence-electron chi connectivity index (χ3n) is 6.92. The predicted octanol–water partition coefficient (Wildman–Crippen LogP) is 4.36. The number of para-hydroxylation sites is 1. The number of nitrogens with zero attached hydrogens (tertiary/aromatic N) is 2. The highest BCUT2D eigenvalue weighted by Crippen LogP contribution is 2.42. The van der Waals surface area contributed by atoms with E-state index in [1.807, 2.05) is 53.4 Å². The second-order valence-electron chi connectivity index (χ2n) is 9.08. The van der Waals surface area contributed by atoms with Crippen LogP contribution in [0.1, 0.15) is 34.0 Å². The average Bonchev–Trinajstić information content (AvgIpc) is 3.20. The van der Waals surface area contributed by atoms with E-state index in [1.165, 1.54) is 0 Å². The quantitative estimate of drug-likeness (QED) is 0.520. The van der Waals surface area contributed by atoms with E-state index >= 15 is 0 Å². The first-order valence-corrected chi connectivity index (χ1v) is 11.4. The van der Waals surface area contributed by atoms with Crippen molar-refractivity contribution in [3.05, 3.63) is 107 Å². The maximum Gasteiger partial charge on any atom is 0.246 e. The molecule has 2 amide bonds. The van der Waals surface area contributed by atoms with Crippen LogP contribution < -0.4 is 0 Å². The zero-order chi connectivity index (χ0) is 22.5. The third kappa shape index (κ3) is 3.23. The number of amides is 2. The number of hydrogen-bond donors (Lipinski definition) is 1. The largest absolute Gasteiger partial charge is 0.356 e. The summed E-state index contributed by atoms with van der Waals surface area (Å²) in [5, 5.41) is 1.13. The van der Waals surface area contributed by atoms with Crippen LogP contribution in [0.25, 0.3) is 10.9 Å². The Labute approximate surface area is 192 Å². The molecule has 33 heavy (non-hydrogen) atoms. The summed E-state index contributed by atoms with van der Waals surface area (Å²) in [5.41, 5.74) is 6.41. The number of aromatic amines is 1. The average molecular weight is 436 g/mol. The second-order valence-corrected chi connectivity index (χ2v) is 9.08. The van der Waals surface area contributed by atoms with Gasteiger partial charge in [-0.3, -0.25) is 9.59 Å².